The van der Waals surface area contributed by atoms with Crippen LogP contribution in [0.2, 0.25) is 0 Å². The Balaban J connectivity index is 2.11. The van der Waals surface area contributed by atoms with Crippen molar-refractivity contribution in [3.8, 4) is 11.9 Å². The largest absolute Gasteiger partial charge is 0.480 e. The van der Waals surface area contributed by atoms with E-state index in [0.29, 0.717) is 18.2 Å². The molecule has 0 fully saturated rings. The molecule has 0 amide bonds. The minimum Gasteiger partial charge on any atom is -0.480 e. The minimum absolute atomic E-state index is 0.168. The number of anilines is 1. The molecule has 0 bridgehead atoms. The van der Waals surface area contributed by atoms with Crippen molar-refractivity contribution in [3.63, 3.8) is 0 Å². The smallest absolute Gasteiger partial charge is 0.234 e. The van der Waals surface area contributed by atoms with Crippen LogP contribution < -0.4 is 9.64 Å². The number of hydrogen-bond donors (Lipinski definition) is 0. The summed E-state index contributed by atoms with van der Waals surface area (Å²) in [7, 11) is 3.49. The highest BCUT2D eigenvalue weighted by atomic mass is 32.1. The highest BCUT2D eigenvalue weighted by Crippen LogP contribution is 2.19. The van der Waals surface area contributed by atoms with Crippen LogP contribution in [0.4, 0.5) is 5.82 Å². The van der Waals surface area contributed by atoms with Gasteiger partial charge in [0.1, 0.15) is 11.9 Å². The van der Waals surface area contributed by atoms with E-state index in [1.807, 2.05) is 24.1 Å². The van der Waals surface area contributed by atoms with Gasteiger partial charge < -0.3 is 9.64 Å². The Hall–Kier alpha value is -2.20. The van der Waals surface area contributed by atoms with Gasteiger partial charge in [-0.15, -0.1) is 0 Å². The Bertz CT molecular complexity index is 577. The topological polar surface area (TPSA) is 74.9 Å². The fourth-order valence-electron chi connectivity index (χ4n) is 1.40. The van der Waals surface area contributed by atoms with Crippen molar-refractivity contribution in [1.29, 1.82) is 5.26 Å². The third-order valence-corrected chi connectivity index (χ3v) is 3.02. The van der Waals surface area contributed by atoms with E-state index in [1.54, 1.807) is 19.4 Å². The first-order valence-corrected chi connectivity index (χ1v) is 5.94. The number of rotatable bonds is 4. The summed E-state index contributed by atoms with van der Waals surface area (Å²) in [5.74, 6) is 1.49. The van der Waals surface area contributed by atoms with Crippen molar-refractivity contribution in [2.24, 2.45) is 0 Å². The summed E-state index contributed by atoms with van der Waals surface area (Å²) in [6, 6.07) is 5.57. The third-order valence-electron chi connectivity index (χ3n) is 2.27. The summed E-state index contributed by atoms with van der Waals surface area (Å²) in [6.45, 7) is 0.656. The van der Waals surface area contributed by atoms with Gasteiger partial charge in [-0.3, -0.25) is 0 Å². The number of methoxy groups -OCH3 is 1. The predicted molar refractivity (Wildman–Crippen MR) is 67.5 cm³/mol. The Morgan fingerprint density at radius 1 is 1.56 bits per heavy atom. The van der Waals surface area contributed by atoms with Gasteiger partial charge >= 0.3 is 0 Å². The molecule has 2 heterocycles. The summed E-state index contributed by atoms with van der Waals surface area (Å²) in [6.07, 6.45) is 1.57. The number of nitriles is 1. The molecule has 2 rings (SSSR count). The molecule has 0 unspecified atom stereocenters. The predicted octanol–water partition coefficient (Wildman–Crippen LogP) is 1.45. The molecule has 0 saturated heterocycles. The number of hydrogen-bond acceptors (Lipinski definition) is 7. The molecule has 7 heteroatoms. The van der Waals surface area contributed by atoms with Crippen LogP contribution in [-0.2, 0) is 6.54 Å². The molecule has 6 nitrogen and oxygen atoms in total. The average molecular weight is 261 g/mol. The maximum atomic E-state index is 8.75. The lowest BCUT2D eigenvalue weighted by atomic mass is 10.4. The lowest BCUT2D eigenvalue weighted by Crippen LogP contribution is -2.17. The fraction of sp³-hybridized carbons (Fsp3) is 0.273. The molecule has 18 heavy (non-hydrogen) atoms. The standard InChI is InChI=1S/C11H11N5OS/c1-16(7-8-5-11(17-2)15-18-8)10-3-4-13-9(6-12)14-10/h3-5H,7H2,1-2H3. The Kier molecular flexibility index (Phi) is 3.69. The van der Waals surface area contributed by atoms with Crippen LogP contribution in [0.1, 0.15) is 10.7 Å². The summed E-state index contributed by atoms with van der Waals surface area (Å²) >= 11 is 1.38. The van der Waals surface area contributed by atoms with Gasteiger partial charge in [-0.2, -0.15) is 9.64 Å². The molecular formula is C11H11N5OS. The molecule has 0 aliphatic rings. The Morgan fingerprint density at radius 3 is 3.06 bits per heavy atom. The average Bonchev–Trinajstić information content (AvgIpc) is 2.86. The zero-order valence-electron chi connectivity index (χ0n) is 9.99. The van der Waals surface area contributed by atoms with Crippen molar-refractivity contribution in [3.05, 3.63) is 29.0 Å². The SMILES string of the molecule is COc1cc(CN(C)c2ccnc(C#N)n2)sn1. The normalized spacial score (nSPS) is 9.83. The van der Waals surface area contributed by atoms with E-state index in [9.17, 15) is 0 Å². The molecule has 92 valence electrons. The second-order valence-corrected chi connectivity index (χ2v) is 4.43. The van der Waals surface area contributed by atoms with Crippen LogP contribution in [0, 0.1) is 11.3 Å². The Labute approximate surface area is 109 Å². The molecule has 2 aromatic heterocycles. The monoisotopic (exact) mass is 261 g/mol. The molecule has 0 atom stereocenters. The third kappa shape index (κ3) is 2.73. The molecule has 0 saturated carbocycles. The van der Waals surface area contributed by atoms with Crippen LogP contribution in [0.5, 0.6) is 5.88 Å². The van der Waals surface area contributed by atoms with Crippen LogP contribution in [0.3, 0.4) is 0 Å². The van der Waals surface area contributed by atoms with Gasteiger partial charge in [0.25, 0.3) is 0 Å². The molecule has 2 aromatic rings. The zero-order valence-corrected chi connectivity index (χ0v) is 10.8. The minimum atomic E-state index is 0.168. The van der Waals surface area contributed by atoms with E-state index in [4.69, 9.17) is 10.00 Å². The van der Waals surface area contributed by atoms with Gasteiger partial charge in [0.15, 0.2) is 0 Å². The maximum absolute atomic E-state index is 8.75. The zero-order chi connectivity index (χ0) is 13.0. The first kappa shape index (κ1) is 12.3. The molecule has 0 aromatic carbocycles. The molecule has 0 spiro atoms. The van der Waals surface area contributed by atoms with Crippen molar-refractivity contribution in [2.45, 2.75) is 6.54 Å². The summed E-state index contributed by atoms with van der Waals surface area (Å²) in [5, 5.41) is 8.75. The molecule has 0 aliphatic carbocycles. The van der Waals surface area contributed by atoms with Crippen molar-refractivity contribution < 1.29 is 4.74 Å². The van der Waals surface area contributed by atoms with Gasteiger partial charge in [-0.25, -0.2) is 9.97 Å². The van der Waals surface area contributed by atoms with Crippen LogP contribution in [0.25, 0.3) is 0 Å². The molecular weight excluding hydrogens is 250 g/mol. The van der Waals surface area contributed by atoms with Gasteiger partial charge in [0.05, 0.1) is 13.7 Å². The van der Waals surface area contributed by atoms with Crippen LogP contribution in [0.15, 0.2) is 18.3 Å². The lowest BCUT2D eigenvalue weighted by molar-refractivity contribution is 0.402. The molecule has 0 aliphatic heterocycles. The fourth-order valence-corrected chi connectivity index (χ4v) is 2.13. The molecule has 0 radical (unpaired) electrons. The van der Waals surface area contributed by atoms with Gasteiger partial charge in [-0.05, 0) is 17.6 Å². The van der Waals surface area contributed by atoms with Gasteiger partial charge in [-0.1, -0.05) is 0 Å². The first-order valence-electron chi connectivity index (χ1n) is 5.17. The summed E-state index contributed by atoms with van der Waals surface area (Å²) in [4.78, 5) is 10.9. The number of aromatic nitrogens is 3. The van der Waals surface area contributed by atoms with E-state index in [2.05, 4.69) is 14.3 Å². The van der Waals surface area contributed by atoms with E-state index in [-0.39, 0.29) is 5.82 Å². The van der Waals surface area contributed by atoms with E-state index < -0.39 is 0 Å². The van der Waals surface area contributed by atoms with E-state index in [0.717, 1.165) is 4.88 Å². The summed E-state index contributed by atoms with van der Waals surface area (Å²) < 4.78 is 9.15. The highest BCUT2D eigenvalue weighted by molar-refractivity contribution is 7.05. The van der Waals surface area contributed by atoms with Crippen molar-refractivity contribution >= 4 is 17.4 Å². The van der Waals surface area contributed by atoms with Crippen molar-refractivity contribution in [1.82, 2.24) is 14.3 Å². The summed E-state index contributed by atoms with van der Waals surface area (Å²) in [5.41, 5.74) is 0. The second-order valence-electron chi connectivity index (χ2n) is 3.54. The van der Waals surface area contributed by atoms with E-state index >= 15 is 0 Å². The maximum Gasteiger partial charge on any atom is 0.234 e. The van der Waals surface area contributed by atoms with Crippen LogP contribution >= 0.6 is 11.5 Å². The van der Waals surface area contributed by atoms with Gasteiger partial charge in [0, 0.05) is 24.2 Å². The lowest BCUT2D eigenvalue weighted by Gasteiger charge is -2.16. The molecule has 0 N–H and O–H groups in total. The Morgan fingerprint density at radius 2 is 2.39 bits per heavy atom. The second kappa shape index (κ2) is 5.42. The highest BCUT2D eigenvalue weighted by Gasteiger charge is 2.08. The van der Waals surface area contributed by atoms with Crippen molar-refractivity contribution in [2.75, 3.05) is 19.1 Å². The van der Waals surface area contributed by atoms with E-state index in [1.165, 1.54) is 11.5 Å². The number of nitrogens with zero attached hydrogens (tertiary/aromatic N) is 5. The number of ether oxygens (including phenoxy) is 1. The van der Waals surface area contributed by atoms with Crippen LogP contribution in [-0.4, -0.2) is 28.5 Å². The quantitative estimate of drug-likeness (QED) is 0.829. The first-order chi connectivity index (χ1) is 8.72. The van der Waals surface area contributed by atoms with Gasteiger partial charge in [0.2, 0.25) is 11.7 Å².